The summed E-state index contributed by atoms with van der Waals surface area (Å²) in [7, 11) is 0. The fourth-order valence-electron chi connectivity index (χ4n) is 6.99. The fraction of sp³-hybridized carbons (Fsp3) is 0.571. The Balaban J connectivity index is 0.000000665. The van der Waals surface area contributed by atoms with Crippen LogP contribution in [0.2, 0.25) is 0 Å². The van der Waals surface area contributed by atoms with E-state index in [-0.39, 0.29) is 6.04 Å². The molecule has 1 aromatic carbocycles. The summed E-state index contributed by atoms with van der Waals surface area (Å²) in [5, 5.41) is 3.15. The zero-order valence-corrected chi connectivity index (χ0v) is 30.7. The van der Waals surface area contributed by atoms with Gasteiger partial charge in [-0.2, -0.15) is 0 Å². The molecular formula is C42H65N5. The molecule has 3 N–H and O–H groups in total. The third-order valence-electron chi connectivity index (χ3n) is 9.93. The second-order valence-electron chi connectivity index (χ2n) is 14.2. The lowest BCUT2D eigenvalue weighted by atomic mass is 9.77. The number of anilines is 1. The highest BCUT2D eigenvalue weighted by Gasteiger charge is 2.28. The van der Waals surface area contributed by atoms with Gasteiger partial charge in [-0.1, -0.05) is 70.9 Å². The van der Waals surface area contributed by atoms with Crippen LogP contribution in [-0.4, -0.2) is 30.3 Å². The molecule has 2 saturated carbocycles. The van der Waals surface area contributed by atoms with E-state index in [9.17, 15) is 0 Å². The highest BCUT2D eigenvalue weighted by atomic mass is 15.2. The molecule has 47 heavy (non-hydrogen) atoms. The molecule has 0 spiro atoms. The fourth-order valence-corrected chi connectivity index (χ4v) is 6.99. The van der Waals surface area contributed by atoms with E-state index in [1.54, 1.807) is 6.20 Å². The van der Waals surface area contributed by atoms with Gasteiger partial charge in [0.05, 0.1) is 0 Å². The third kappa shape index (κ3) is 12.3. The molecule has 1 aromatic heterocycles. The van der Waals surface area contributed by atoms with Crippen LogP contribution in [0.1, 0.15) is 133 Å². The number of pyridine rings is 1. The number of nitrogens with one attached hydrogen (secondary N) is 1. The first kappa shape index (κ1) is 38.1. The Bertz CT molecular complexity index is 1310. The first-order valence-corrected chi connectivity index (χ1v) is 18.5. The molecule has 1 heterocycles. The van der Waals surface area contributed by atoms with Crippen molar-refractivity contribution < 1.29 is 0 Å². The van der Waals surface area contributed by atoms with E-state index in [2.05, 4.69) is 87.3 Å². The van der Waals surface area contributed by atoms with Crippen LogP contribution in [0.25, 0.3) is 5.57 Å². The van der Waals surface area contributed by atoms with E-state index in [1.165, 1.54) is 93.0 Å². The first-order chi connectivity index (χ1) is 22.7. The molecule has 0 unspecified atom stereocenters. The van der Waals surface area contributed by atoms with Crippen molar-refractivity contribution in [2.75, 3.05) is 18.0 Å². The van der Waals surface area contributed by atoms with Gasteiger partial charge in [0, 0.05) is 54.7 Å². The molecule has 2 aliphatic carbocycles. The van der Waals surface area contributed by atoms with Gasteiger partial charge in [-0.25, -0.2) is 4.98 Å². The number of aliphatic imine (C=N–C) groups is 1. The highest BCUT2D eigenvalue weighted by molar-refractivity contribution is 6.09. The van der Waals surface area contributed by atoms with Crippen LogP contribution < -0.4 is 16.0 Å². The molecule has 0 saturated heterocycles. The van der Waals surface area contributed by atoms with Crippen molar-refractivity contribution in [2.24, 2.45) is 22.6 Å². The normalized spacial score (nSPS) is 18.9. The van der Waals surface area contributed by atoms with Gasteiger partial charge < -0.3 is 16.0 Å². The monoisotopic (exact) mass is 640 g/mol. The van der Waals surface area contributed by atoms with Gasteiger partial charge >= 0.3 is 0 Å². The van der Waals surface area contributed by atoms with Gasteiger partial charge in [-0.05, 0) is 131 Å². The first-order valence-electron chi connectivity index (χ1n) is 18.5. The quantitative estimate of drug-likeness (QED) is 0.159. The Morgan fingerprint density at radius 2 is 1.77 bits per heavy atom. The molecular weight excluding hydrogens is 574 g/mol. The van der Waals surface area contributed by atoms with Crippen molar-refractivity contribution in [3.05, 3.63) is 89.5 Å². The summed E-state index contributed by atoms with van der Waals surface area (Å²) in [4.78, 5) is 11.9. The van der Waals surface area contributed by atoms with Crippen molar-refractivity contribution in [2.45, 2.75) is 131 Å². The van der Waals surface area contributed by atoms with E-state index in [4.69, 9.17) is 10.7 Å². The Labute approximate surface area is 287 Å². The standard InChI is InChI=1S/C35H50N4.C7H15N/c1-6-29-16-17-32(20-26(29)4)31-14-12-28(13-15-31)24-39(27(5)30-10-8-7-9-11-30)35-21-33(18-19-37-35)34(22-36)23-38-25(2)3;1-4-5-6-8-7(2)3/h16-23,25,28,30-31H,5-15,24,36H2,1-4H3;8H,2,4-6H2,1,3H3/b34-22+,38-23?;. The number of rotatable bonds is 14. The average Bonchev–Trinajstić information content (AvgIpc) is 3.08. The number of hydrogen-bond acceptors (Lipinski definition) is 5. The maximum absolute atomic E-state index is 6.02. The minimum Gasteiger partial charge on any atom is -0.404 e. The Morgan fingerprint density at radius 1 is 1.04 bits per heavy atom. The predicted molar refractivity (Wildman–Crippen MR) is 206 cm³/mol. The SMILES string of the molecule is C=C(C)NCCCC.C=C(C1CCCCC1)N(CC1CCC(c2ccc(CC)c(C)c2)CC1)c1cc(/C(C=NC(C)C)=C/N)ccn1. The molecule has 2 aliphatic rings. The molecule has 0 aliphatic heterocycles. The number of allylic oxidation sites excluding steroid dienone is 3. The molecule has 0 radical (unpaired) electrons. The molecule has 258 valence electrons. The van der Waals surface area contributed by atoms with Crippen molar-refractivity contribution >= 4 is 17.6 Å². The van der Waals surface area contributed by atoms with Crippen LogP contribution in [0.15, 0.2) is 72.3 Å². The van der Waals surface area contributed by atoms with Gasteiger partial charge in [0.25, 0.3) is 0 Å². The highest BCUT2D eigenvalue weighted by Crippen LogP contribution is 2.39. The van der Waals surface area contributed by atoms with Crippen LogP contribution in [0, 0.1) is 18.8 Å². The average molecular weight is 640 g/mol. The number of hydrogen-bond donors (Lipinski definition) is 2. The van der Waals surface area contributed by atoms with E-state index in [0.717, 1.165) is 42.2 Å². The van der Waals surface area contributed by atoms with E-state index in [1.807, 2.05) is 25.4 Å². The Morgan fingerprint density at radius 3 is 2.36 bits per heavy atom. The molecule has 2 aromatic rings. The van der Waals surface area contributed by atoms with Crippen molar-refractivity contribution in [1.29, 1.82) is 0 Å². The summed E-state index contributed by atoms with van der Waals surface area (Å²) in [5.41, 5.74) is 14.8. The van der Waals surface area contributed by atoms with Gasteiger partial charge in [0.15, 0.2) is 0 Å². The second kappa shape index (κ2) is 20.1. The predicted octanol–water partition coefficient (Wildman–Crippen LogP) is 10.5. The molecule has 5 nitrogen and oxygen atoms in total. The van der Waals surface area contributed by atoms with Crippen molar-refractivity contribution in [3.63, 3.8) is 0 Å². The lowest BCUT2D eigenvalue weighted by Crippen LogP contribution is -2.34. The molecule has 5 heteroatoms. The maximum atomic E-state index is 6.02. The number of benzene rings is 1. The van der Waals surface area contributed by atoms with Crippen LogP contribution in [-0.2, 0) is 6.42 Å². The number of nitrogens with two attached hydrogens (primary N) is 1. The van der Waals surface area contributed by atoms with E-state index in [0.29, 0.717) is 17.8 Å². The Kier molecular flexibility index (Phi) is 16.3. The van der Waals surface area contributed by atoms with Crippen LogP contribution >= 0.6 is 0 Å². The number of unbranched alkanes of at least 4 members (excludes halogenated alkanes) is 1. The summed E-state index contributed by atoms with van der Waals surface area (Å²) in [6.45, 7) is 23.3. The topological polar surface area (TPSA) is 66.5 Å². The maximum Gasteiger partial charge on any atom is 0.133 e. The summed E-state index contributed by atoms with van der Waals surface area (Å²) in [6, 6.07) is 11.6. The summed E-state index contributed by atoms with van der Waals surface area (Å²) in [5.74, 6) is 2.87. The smallest absolute Gasteiger partial charge is 0.133 e. The minimum atomic E-state index is 0.229. The number of nitrogens with zero attached hydrogens (tertiary/aromatic N) is 3. The Hall–Kier alpha value is -3.34. The van der Waals surface area contributed by atoms with Gasteiger partial charge in [-0.3, -0.25) is 4.99 Å². The van der Waals surface area contributed by atoms with Crippen LogP contribution in [0.3, 0.4) is 0 Å². The molecule has 0 amide bonds. The van der Waals surface area contributed by atoms with Crippen LogP contribution in [0.4, 0.5) is 5.82 Å². The second-order valence-corrected chi connectivity index (χ2v) is 14.2. The zero-order valence-electron chi connectivity index (χ0n) is 30.7. The lowest BCUT2D eigenvalue weighted by Gasteiger charge is -2.37. The van der Waals surface area contributed by atoms with Gasteiger partial charge in [0.2, 0.25) is 0 Å². The zero-order chi connectivity index (χ0) is 34.2. The third-order valence-corrected chi connectivity index (χ3v) is 9.93. The molecule has 4 rings (SSSR count). The summed E-state index contributed by atoms with van der Waals surface area (Å²) >= 11 is 0. The van der Waals surface area contributed by atoms with Crippen LogP contribution in [0.5, 0.6) is 0 Å². The molecule has 2 fully saturated rings. The molecule has 0 bridgehead atoms. The van der Waals surface area contributed by atoms with E-state index >= 15 is 0 Å². The lowest BCUT2D eigenvalue weighted by molar-refractivity contribution is 0.323. The van der Waals surface area contributed by atoms with Gasteiger partial charge in [-0.15, -0.1) is 0 Å². The van der Waals surface area contributed by atoms with Crippen molar-refractivity contribution in [3.8, 4) is 0 Å². The summed E-state index contributed by atoms with van der Waals surface area (Å²) < 4.78 is 0. The number of aromatic nitrogens is 1. The molecule has 0 atom stereocenters. The minimum absolute atomic E-state index is 0.229. The number of aryl methyl sites for hydroxylation is 2. The summed E-state index contributed by atoms with van der Waals surface area (Å²) in [6.07, 6.45) is 20.5. The largest absolute Gasteiger partial charge is 0.404 e. The van der Waals surface area contributed by atoms with E-state index < -0.39 is 0 Å². The van der Waals surface area contributed by atoms with Gasteiger partial charge in [0.1, 0.15) is 5.82 Å². The van der Waals surface area contributed by atoms with Crippen molar-refractivity contribution in [1.82, 2.24) is 10.3 Å².